The van der Waals surface area contributed by atoms with Gasteiger partial charge in [0.1, 0.15) is 5.75 Å². The van der Waals surface area contributed by atoms with Crippen LogP contribution in [-0.4, -0.2) is 37.4 Å². The van der Waals surface area contributed by atoms with Crippen LogP contribution in [0.15, 0.2) is 24.3 Å². The van der Waals surface area contributed by atoms with Crippen molar-refractivity contribution < 1.29 is 17.9 Å². The Kier molecular flexibility index (Phi) is 5.66. The van der Waals surface area contributed by atoms with Gasteiger partial charge in [0.2, 0.25) is 0 Å². The van der Waals surface area contributed by atoms with Gasteiger partial charge >= 0.3 is 6.36 Å². The molecule has 1 aromatic carbocycles. The molecule has 1 N–H and O–H groups in total. The molecule has 2 fully saturated rings. The summed E-state index contributed by atoms with van der Waals surface area (Å²) in [6, 6.07) is 6.77. The van der Waals surface area contributed by atoms with E-state index in [0.717, 1.165) is 44.6 Å². The van der Waals surface area contributed by atoms with Crippen LogP contribution in [-0.2, 0) is 0 Å². The van der Waals surface area contributed by atoms with E-state index in [-0.39, 0.29) is 11.8 Å². The van der Waals surface area contributed by atoms with Crippen LogP contribution < -0.4 is 10.1 Å². The van der Waals surface area contributed by atoms with Crippen molar-refractivity contribution >= 4 is 0 Å². The first-order valence-corrected chi connectivity index (χ1v) is 8.83. The lowest BCUT2D eigenvalue weighted by atomic mass is 9.80. The van der Waals surface area contributed by atoms with Gasteiger partial charge in [-0.15, -0.1) is 13.2 Å². The Morgan fingerprint density at radius 1 is 1.08 bits per heavy atom. The fraction of sp³-hybridized carbons (Fsp3) is 0.667. The highest BCUT2D eigenvalue weighted by atomic mass is 19.4. The maximum absolute atomic E-state index is 12.5. The van der Waals surface area contributed by atoms with Crippen molar-refractivity contribution in [3.63, 3.8) is 0 Å². The third kappa shape index (κ3) is 4.63. The zero-order valence-corrected chi connectivity index (χ0v) is 13.8. The molecule has 1 aromatic rings. The van der Waals surface area contributed by atoms with Gasteiger partial charge in [-0.1, -0.05) is 31.4 Å². The average Bonchev–Trinajstić information content (AvgIpc) is 2.56. The molecule has 0 spiro atoms. The van der Waals surface area contributed by atoms with Gasteiger partial charge in [-0.05, 0) is 36.5 Å². The van der Waals surface area contributed by atoms with E-state index in [1.54, 1.807) is 12.1 Å². The van der Waals surface area contributed by atoms with E-state index in [1.165, 1.54) is 25.3 Å². The van der Waals surface area contributed by atoms with E-state index < -0.39 is 6.36 Å². The lowest BCUT2D eigenvalue weighted by molar-refractivity contribution is -0.274. The topological polar surface area (TPSA) is 24.5 Å². The van der Waals surface area contributed by atoms with Crippen LogP contribution in [0.25, 0.3) is 0 Å². The summed E-state index contributed by atoms with van der Waals surface area (Å²) in [4.78, 5) is 2.43. The fourth-order valence-electron chi connectivity index (χ4n) is 4.09. The largest absolute Gasteiger partial charge is 0.573 e. The van der Waals surface area contributed by atoms with Gasteiger partial charge in [0, 0.05) is 32.2 Å². The van der Waals surface area contributed by atoms with Crippen molar-refractivity contribution in [3.05, 3.63) is 29.8 Å². The fourth-order valence-corrected chi connectivity index (χ4v) is 4.09. The molecule has 3 nitrogen and oxygen atoms in total. The normalized spacial score (nSPS) is 22.3. The highest BCUT2D eigenvalue weighted by Gasteiger charge is 2.33. The summed E-state index contributed by atoms with van der Waals surface area (Å²) >= 11 is 0. The standard InChI is InChI=1S/C18H25F3N2O/c19-18(20,21)24-16-8-4-7-15(13-16)17(14-5-2-1-3-6-14)23-11-9-22-10-12-23/h4,7-8,13-14,17,22H,1-3,5-6,9-12H2/t17-/m1/s1. The molecule has 1 aliphatic heterocycles. The van der Waals surface area contributed by atoms with Crippen LogP contribution in [0.3, 0.4) is 0 Å². The van der Waals surface area contributed by atoms with Gasteiger partial charge in [0.15, 0.2) is 0 Å². The van der Waals surface area contributed by atoms with Gasteiger partial charge in [0.05, 0.1) is 0 Å². The minimum Gasteiger partial charge on any atom is -0.406 e. The molecule has 0 unspecified atom stereocenters. The number of benzene rings is 1. The quantitative estimate of drug-likeness (QED) is 0.891. The van der Waals surface area contributed by atoms with E-state index >= 15 is 0 Å². The highest BCUT2D eigenvalue weighted by molar-refractivity contribution is 5.31. The molecule has 1 saturated heterocycles. The zero-order chi connectivity index (χ0) is 17.0. The number of ether oxygens (including phenoxy) is 1. The minimum absolute atomic E-state index is 0.115. The molecule has 24 heavy (non-hydrogen) atoms. The zero-order valence-electron chi connectivity index (χ0n) is 13.8. The Morgan fingerprint density at radius 3 is 2.46 bits per heavy atom. The number of halogens is 3. The molecule has 1 saturated carbocycles. The second kappa shape index (κ2) is 7.74. The summed E-state index contributed by atoms with van der Waals surface area (Å²) in [5.74, 6) is 0.397. The van der Waals surface area contributed by atoms with Gasteiger partial charge in [0.25, 0.3) is 0 Å². The van der Waals surface area contributed by atoms with E-state index in [2.05, 4.69) is 15.0 Å². The molecule has 0 radical (unpaired) electrons. The van der Waals surface area contributed by atoms with Gasteiger partial charge in [-0.2, -0.15) is 0 Å². The summed E-state index contributed by atoms with van der Waals surface area (Å²) in [6.07, 6.45) is 1.35. The molecule has 6 heteroatoms. The van der Waals surface area contributed by atoms with Crippen molar-refractivity contribution in [1.29, 1.82) is 0 Å². The van der Waals surface area contributed by atoms with Crippen molar-refractivity contribution in [2.75, 3.05) is 26.2 Å². The lowest BCUT2D eigenvalue weighted by Crippen LogP contribution is -2.47. The van der Waals surface area contributed by atoms with Gasteiger partial charge in [-0.25, -0.2) is 0 Å². The first-order valence-electron chi connectivity index (χ1n) is 8.83. The van der Waals surface area contributed by atoms with E-state index in [9.17, 15) is 13.2 Å². The monoisotopic (exact) mass is 342 g/mol. The summed E-state index contributed by atoms with van der Waals surface area (Å²) in [5, 5.41) is 3.35. The average molecular weight is 342 g/mol. The molecular formula is C18H25F3N2O. The number of hydrogen-bond donors (Lipinski definition) is 1. The molecule has 0 bridgehead atoms. The van der Waals surface area contributed by atoms with E-state index in [1.807, 2.05) is 6.07 Å². The molecule has 1 atom stereocenters. The van der Waals surface area contributed by atoms with Crippen molar-refractivity contribution in [1.82, 2.24) is 10.2 Å². The van der Waals surface area contributed by atoms with Crippen LogP contribution in [0.2, 0.25) is 0 Å². The van der Waals surface area contributed by atoms with E-state index in [4.69, 9.17) is 0 Å². The number of nitrogens with zero attached hydrogens (tertiary/aromatic N) is 1. The van der Waals surface area contributed by atoms with Crippen LogP contribution >= 0.6 is 0 Å². The molecular weight excluding hydrogens is 317 g/mol. The summed E-state index contributed by atoms with van der Waals surface area (Å²) < 4.78 is 41.8. The molecule has 3 rings (SSSR count). The number of alkyl halides is 3. The Morgan fingerprint density at radius 2 is 1.79 bits per heavy atom. The Bertz CT molecular complexity index is 505. The molecule has 1 heterocycles. The summed E-state index contributed by atoms with van der Waals surface area (Å²) in [5.41, 5.74) is 0.950. The first kappa shape index (κ1) is 17.5. The predicted molar refractivity (Wildman–Crippen MR) is 86.9 cm³/mol. The molecule has 0 aromatic heterocycles. The van der Waals surface area contributed by atoms with Gasteiger partial charge < -0.3 is 10.1 Å². The molecule has 134 valence electrons. The summed E-state index contributed by atoms with van der Waals surface area (Å²) in [6.45, 7) is 3.74. The highest BCUT2D eigenvalue weighted by Crippen LogP contribution is 2.39. The smallest absolute Gasteiger partial charge is 0.406 e. The number of hydrogen-bond acceptors (Lipinski definition) is 3. The predicted octanol–water partition coefficient (Wildman–Crippen LogP) is 4.11. The second-order valence-electron chi connectivity index (χ2n) is 6.75. The van der Waals surface area contributed by atoms with E-state index in [0.29, 0.717) is 5.92 Å². The minimum atomic E-state index is -4.64. The molecule has 1 aliphatic carbocycles. The Balaban J connectivity index is 1.85. The maximum Gasteiger partial charge on any atom is 0.573 e. The molecule has 2 aliphatic rings. The third-order valence-corrected chi connectivity index (χ3v) is 5.07. The van der Waals surface area contributed by atoms with Gasteiger partial charge in [-0.3, -0.25) is 4.90 Å². The number of piperazine rings is 1. The van der Waals surface area contributed by atoms with Crippen LogP contribution in [0.1, 0.15) is 43.7 Å². The van der Waals surface area contributed by atoms with Crippen LogP contribution in [0.5, 0.6) is 5.75 Å². The SMILES string of the molecule is FC(F)(F)Oc1cccc([C@@H](C2CCCCC2)N2CCNCC2)c1. The van der Waals surface area contributed by atoms with Crippen LogP contribution in [0, 0.1) is 5.92 Å². The third-order valence-electron chi connectivity index (χ3n) is 5.07. The van der Waals surface area contributed by atoms with Crippen molar-refractivity contribution in [2.24, 2.45) is 5.92 Å². The van der Waals surface area contributed by atoms with Crippen molar-refractivity contribution in [2.45, 2.75) is 44.5 Å². The Hall–Kier alpha value is -1.27. The maximum atomic E-state index is 12.5. The second-order valence-corrected chi connectivity index (χ2v) is 6.75. The first-order chi connectivity index (χ1) is 11.5. The summed E-state index contributed by atoms with van der Waals surface area (Å²) in [7, 11) is 0. The lowest BCUT2D eigenvalue weighted by Gasteiger charge is -2.41. The Labute approximate surface area is 141 Å². The number of nitrogens with one attached hydrogen (secondary N) is 1. The van der Waals surface area contributed by atoms with Crippen molar-refractivity contribution in [3.8, 4) is 5.75 Å². The molecule has 0 amide bonds. The number of rotatable bonds is 4. The van der Waals surface area contributed by atoms with Crippen LogP contribution in [0.4, 0.5) is 13.2 Å².